The van der Waals surface area contributed by atoms with E-state index < -0.39 is 5.60 Å². The first kappa shape index (κ1) is 17.8. The molecule has 23 heavy (non-hydrogen) atoms. The number of likely N-dealkylation sites (tertiary alicyclic amines) is 1. The number of benzene rings is 1. The van der Waals surface area contributed by atoms with E-state index in [1.807, 2.05) is 52.0 Å². The van der Waals surface area contributed by atoms with Crippen LogP contribution in [0.25, 0.3) is 0 Å². The quantitative estimate of drug-likeness (QED) is 0.926. The Bertz CT molecular complexity index is 535. The molecular formula is C18H27NO4. The van der Waals surface area contributed by atoms with Crippen LogP contribution in [0, 0.1) is 0 Å². The Morgan fingerprint density at radius 3 is 2.43 bits per heavy atom. The summed E-state index contributed by atoms with van der Waals surface area (Å²) in [4.78, 5) is 13.8. The monoisotopic (exact) mass is 321 g/mol. The number of aliphatic hydroxyl groups is 1. The van der Waals surface area contributed by atoms with E-state index in [0.717, 1.165) is 17.5 Å². The maximum atomic E-state index is 12.1. The third-order valence-corrected chi connectivity index (χ3v) is 3.88. The highest BCUT2D eigenvalue weighted by atomic mass is 16.6. The average Bonchev–Trinajstić information content (AvgIpc) is 2.87. The van der Waals surface area contributed by atoms with Crippen LogP contribution >= 0.6 is 0 Å². The number of hydrogen-bond acceptors (Lipinski definition) is 4. The lowest BCUT2D eigenvalue weighted by Crippen LogP contribution is -2.39. The van der Waals surface area contributed by atoms with Gasteiger partial charge >= 0.3 is 6.09 Å². The van der Waals surface area contributed by atoms with Crippen LogP contribution in [0.3, 0.4) is 0 Å². The summed E-state index contributed by atoms with van der Waals surface area (Å²) in [6.07, 6.45) is 0.512. The minimum Gasteiger partial charge on any atom is -0.444 e. The van der Waals surface area contributed by atoms with E-state index in [4.69, 9.17) is 14.6 Å². The summed E-state index contributed by atoms with van der Waals surface area (Å²) in [6.45, 7) is 9.35. The molecule has 1 aromatic carbocycles. The van der Waals surface area contributed by atoms with Crippen molar-refractivity contribution in [1.82, 2.24) is 4.90 Å². The Balaban J connectivity index is 1.87. The molecule has 1 unspecified atom stereocenters. The predicted octanol–water partition coefficient (Wildman–Crippen LogP) is 3.10. The van der Waals surface area contributed by atoms with Gasteiger partial charge in [-0.2, -0.15) is 0 Å². The van der Waals surface area contributed by atoms with Gasteiger partial charge in [-0.05, 0) is 45.2 Å². The number of hydrogen-bond donors (Lipinski definition) is 1. The molecule has 1 aliphatic heterocycles. The Kier molecular flexibility index (Phi) is 5.32. The molecule has 0 saturated carbocycles. The number of carbonyl (C=O) groups is 1. The topological polar surface area (TPSA) is 59.0 Å². The van der Waals surface area contributed by atoms with E-state index in [-0.39, 0.29) is 18.3 Å². The molecular weight excluding hydrogens is 294 g/mol. The van der Waals surface area contributed by atoms with E-state index >= 15 is 0 Å². The summed E-state index contributed by atoms with van der Waals surface area (Å²) < 4.78 is 11.5. The van der Waals surface area contributed by atoms with Gasteiger partial charge in [0.25, 0.3) is 0 Å². The van der Waals surface area contributed by atoms with Crippen molar-refractivity contribution < 1.29 is 19.4 Å². The van der Waals surface area contributed by atoms with Gasteiger partial charge in [0.05, 0.1) is 25.4 Å². The third kappa shape index (κ3) is 5.22. The van der Waals surface area contributed by atoms with E-state index in [9.17, 15) is 4.79 Å². The van der Waals surface area contributed by atoms with E-state index in [1.54, 1.807) is 4.90 Å². The molecule has 1 heterocycles. The molecule has 0 spiro atoms. The van der Waals surface area contributed by atoms with Gasteiger partial charge in [0.2, 0.25) is 0 Å². The molecule has 0 bridgehead atoms. The van der Waals surface area contributed by atoms with Crippen molar-refractivity contribution in [2.75, 3.05) is 13.1 Å². The molecule has 1 N–H and O–H groups in total. The van der Waals surface area contributed by atoms with Gasteiger partial charge in [-0.25, -0.2) is 4.79 Å². The van der Waals surface area contributed by atoms with E-state index in [0.29, 0.717) is 19.7 Å². The van der Waals surface area contributed by atoms with Crippen LogP contribution in [-0.2, 0) is 22.7 Å². The second-order valence-corrected chi connectivity index (χ2v) is 7.37. The minimum atomic E-state index is -0.481. The summed E-state index contributed by atoms with van der Waals surface area (Å²) in [5.41, 5.74) is 1.11. The van der Waals surface area contributed by atoms with Gasteiger partial charge in [0.1, 0.15) is 5.60 Å². The van der Waals surface area contributed by atoms with Crippen LogP contribution in [0.1, 0.15) is 45.2 Å². The third-order valence-electron chi connectivity index (χ3n) is 3.88. The van der Waals surface area contributed by atoms with Crippen molar-refractivity contribution in [2.45, 2.75) is 58.5 Å². The van der Waals surface area contributed by atoms with Gasteiger partial charge in [-0.1, -0.05) is 24.3 Å². The highest BCUT2D eigenvalue weighted by molar-refractivity contribution is 5.68. The number of nitrogens with zero attached hydrogens (tertiary/aromatic N) is 1. The Labute approximate surface area is 138 Å². The number of carbonyl (C=O) groups excluding carboxylic acids is 1. The van der Waals surface area contributed by atoms with Crippen molar-refractivity contribution in [1.29, 1.82) is 0 Å². The lowest BCUT2D eigenvalue weighted by molar-refractivity contribution is -0.0374. The summed E-state index contributed by atoms with van der Waals surface area (Å²) in [6, 6.07) is 7.69. The summed E-state index contributed by atoms with van der Waals surface area (Å²) in [5, 5.41) is 9.05. The number of aliphatic hydroxyl groups excluding tert-OH is 1. The van der Waals surface area contributed by atoms with Crippen LogP contribution in [0.15, 0.2) is 24.3 Å². The van der Waals surface area contributed by atoms with E-state index in [1.165, 1.54) is 0 Å². The summed E-state index contributed by atoms with van der Waals surface area (Å²) in [7, 11) is 0. The number of amides is 1. The second-order valence-electron chi connectivity index (χ2n) is 7.37. The fourth-order valence-corrected chi connectivity index (χ4v) is 2.53. The molecule has 128 valence electrons. The van der Waals surface area contributed by atoms with Crippen molar-refractivity contribution in [3.05, 3.63) is 35.4 Å². The van der Waals surface area contributed by atoms with Crippen molar-refractivity contribution in [3.8, 4) is 0 Å². The number of ether oxygens (including phenoxy) is 2. The highest BCUT2D eigenvalue weighted by Crippen LogP contribution is 2.27. The minimum absolute atomic E-state index is 0.0453. The van der Waals surface area contributed by atoms with Gasteiger partial charge in [-0.3, -0.25) is 0 Å². The molecule has 1 amide bonds. The molecule has 1 aromatic rings. The predicted molar refractivity (Wildman–Crippen MR) is 88.0 cm³/mol. The average molecular weight is 321 g/mol. The summed E-state index contributed by atoms with van der Waals surface area (Å²) >= 11 is 0. The molecule has 1 atom stereocenters. The first-order valence-corrected chi connectivity index (χ1v) is 8.01. The van der Waals surface area contributed by atoms with Crippen LogP contribution < -0.4 is 0 Å². The Morgan fingerprint density at radius 2 is 1.87 bits per heavy atom. The number of rotatable bonds is 4. The zero-order chi connectivity index (χ0) is 17.1. The Morgan fingerprint density at radius 1 is 1.26 bits per heavy atom. The molecule has 2 rings (SSSR count). The molecule has 5 heteroatoms. The standard InChI is InChI=1S/C18H27NO4/c1-17(2,3)23-16(21)19-10-9-18(4,13-19)22-12-15-7-5-14(11-20)6-8-15/h5-8,20H,9-13H2,1-4H3. The zero-order valence-electron chi connectivity index (χ0n) is 14.5. The fourth-order valence-electron chi connectivity index (χ4n) is 2.53. The first-order valence-electron chi connectivity index (χ1n) is 8.01. The normalized spacial score (nSPS) is 21.5. The van der Waals surface area contributed by atoms with E-state index in [2.05, 4.69) is 0 Å². The molecule has 1 saturated heterocycles. The zero-order valence-corrected chi connectivity index (χ0v) is 14.5. The maximum absolute atomic E-state index is 12.1. The lowest BCUT2D eigenvalue weighted by atomic mass is 10.1. The molecule has 0 radical (unpaired) electrons. The second kappa shape index (κ2) is 6.89. The first-order chi connectivity index (χ1) is 10.7. The van der Waals surface area contributed by atoms with Crippen molar-refractivity contribution in [3.63, 3.8) is 0 Å². The summed E-state index contributed by atoms with van der Waals surface area (Å²) in [5.74, 6) is 0. The largest absolute Gasteiger partial charge is 0.444 e. The Hall–Kier alpha value is -1.59. The van der Waals surface area contributed by atoms with Crippen LogP contribution in [0.2, 0.25) is 0 Å². The van der Waals surface area contributed by atoms with Crippen LogP contribution in [-0.4, -0.2) is 40.4 Å². The van der Waals surface area contributed by atoms with Gasteiger partial charge in [-0.15, -0.1) is 0 Å². The van der Waals surface area contributed by atoms with Crippen molar-refractivity contribution in [2.24, 2.45) is 0 Å². The molecule has 0 aliphatic carbocycles. The van der Waals surface area contributed by atoms with Crippen LogP contribution in [0.4, 0.5) is 4.79 Å². The van der Waals surface area contributed by atoms with Gasteiger partial charge in [0, 0.05) is 6.54 Å². The molecule has 0 aromatic heterocycles. The molecule has 1 fully saturated rings. The van der Waals surface area contributed by atoms with Gasteiger partial charge < -0.3 is 19.5 Å². The van der Waals surface area contributed by atoms with Gasteiger partial charge in [0.15, 0.2) is 0 Å². The SMILES string of the molecule is CC(C)(C)OC(=O)N1CCC(C)(OCc2ccc(CO)cc2)C1. The molecule has 5 nitrogen and oxygen atoms in total. The van der Waals surface area contributed by atoms with Crippen LogP contribution in [0.5, 0.6) is 0 Å². The highest BCUT2D eigenvalue weighted by Gasteiger charge is 2.38. The smallest absolute Gasteiger partial charge is 0.410 e. The molecule has 1 aliphatic rings. The lowest BCUT2D eigenvalue weighted by Gasteiger charge is -2.27. The fraction of sp³-hybridized carbons (Fsp3) is 0.611. The maximum Gasteiger partial charge on any atom is 0.410 e. The van der Waals surface area contributed by atoms with Crippen molar-refractivity contribution >= 4 is 6.09 Å².